The number of piperidine rings is 1. The first-order chi connectivity index (χ1) is 9.69. The van der Waals surface area contributed by atoms with Crippen LogP contribution in [0.5, 0.6) is 0 Å². The van der Waals surface area contributed by atoms with E-state index in [9.17, 15) is 4.79 Å². The number of aliphatic hydroxyl groups excluding tert-OH is 1. The Balaban J connectivity index is 1.78. The van der Waals surface area contributed by atoms with Crippen LogP contribution in [0.1, 0.15) is 12.8 Å². The van der Waals surface area contributed by atoms with Gasteiger partial charge in [-0.05, 0) is 37.1 Å². The Morgan fingerprint density at radius 2 is 2.00 bits per heavy atom. The monoisotopic (exact) mass is 279 g/mol. The highest BCUT2D eigenvalue weighted by Crippen LogP contribution is 2.16. The van der Waals surface area contributed by atoms with E-state index in [2.05, 4.69) is 5.32 Å². The fourth-order valence-corrected chi connectivity index (χ4v) is 2.21. The van der Waals surface area contributed by atoms with Crippen LogP contribution in [0.2, 0.25) is 0 Å². The zero-order valence-electron chi connectivity index (χ0n) is 11.4. The third-order valence-electron chi connectivity index (χ3n) is 3.34. The molecule has 20 heavy (non-hydrogen) atoms. The van der Waals surface area contributed by atoms with Crippen molar-refractivity contribution in [1.29, 1.82) is 0 Å². The summed E-state index contributed by atoms with van der Waals surface area (Å²) in [4.78, 5) is 13.8. The van der Waals surface area contributed by atoms with E-state index in [1.807, 2.05) is 0 Å². The quantitative estimate of drug-likeness (QED) is 0.724. The first kappa shape index (κ1) is 14.6. The van der Waals surface area contributed by atoms with Gasteiger partial charge in [0.25, 0.3) is 0 Å². The zero-order valence-corrected chi connectivity index (χ0v) is 11.4. The van der Waals surface area contributed by atoms with Gasteiger partial charge in [0, 0.05) is 24.5 Å². The highest BCUT2D eigenvalue weighted by molar-refractivity contribution is 5.89. The smallest absolute Gasteiger partial charge is 0.321 e. The molecular weight excluding hydrogens is 258 g/mol. The Morgan fingerprint density at radius 3 is 2.60 bits per heavy atom. The number of nitrogen functional groups attached to an aromatic ring is 1. The Morgan fingerprint density at radius 1 is 1.35 bits per heavy atom. The predicted octanol–water partition coefficient (Wildman–Crippen LogP) is 1.27. The molecule has 0 radical (unpaired) electrons. The molecule has 1 heterocycles. The molecule has 2 rings (SSSR count). The Hall–Kier alpha value is -1.79. The van der Waals surface area contributed by atoms with Crippen LogP contribution >= 0.6 is 0 Å². The van der Waals surface area contributed by atoms with E-state index in [1.54, 1.807) is 29.2 Å². The number of likely N-dealkylation sites (tertiary alicyclic amines) is 1. The highest BCUT2D eigenvalue weighted by atomic mass is 16.5. The third kappa shape index (κ3) is 4.11. The van der Waals surface area contributed by atoms with Crippen LogP contribution in [0.3, 0.4) is 0 Å². The SMILES string of the molecule is Nc1ccc(NC(=O)N2CCC(OCCO)CC2)cc1. The molecule has 1 aromatic carbocycles. The fourth-order valence-electron chi connectivity index (χ4n) is 2.21. The van der Waals surface area contributed by atoms with Gasteiger partial charge in [-0.1, -0.05) is 0 Å². The fraction of sp³-hybridized carbons (Fsp3) is 0.500. The van der Waals surface area contributed by atoms with Crippen LogP contribution in [0, 0.1) is 0 Å². The molecule has 0 aromatic heterocycles. The number of hydrogen-bond acceptors (Lipinski definition) is 4. The molecule has 1 fully saturated rings. The number of rotatable bonds is 4. The average molecular weight is 279 g/mol. The Bertz CT molecular complexity index is 428. The van der Waals surface area contributed by atoms with E-state index in [0.717, 1.165) is 18.5 Å². The van der Waals surface area contributed by atoms with Crippen LogP contribution in [0.25, 0.3) is 0 Å². The minimum absolute atomic E-state index is 0.0395. The first-order valence-electron chi connectivity index (χ1n) is 6.83. The molecule has 1 saturated heterocycles. The number of ether oxygens (including phenoxy) is 1. The molecule has 1 aliphatic heterocycles. The Labute approximate surface area is 118 Å². The number of anilines is 2. The molecular formula is C14H21N3O3. The summed E-state index contributed by atoms with van der Waals surface area (Å²) in [5.41, 5.74) is 7.01. The van der Waals surface area contributed by atoms with E-state index in [1.165, 1.54) is 0 Å². The number of nitrogens with one attached hydrogen (secondary N) is 1. The van der Waals surface area contributed by atoms with Gasteiger partial charge in [0.15, 0.2) is 0 Å². The van der Waals surface area contributed by atoms with E-state index in [-0.39, 0.29) is 18.7 Å². The maximum Gasteiger partial charge on any atom is 0.321 e. The molecule has 0 aliphatic carbocycles. The second kappa shape index (κ2) is 7.12. The number of nitrogens with zero attached hydrogens (tertiary/aromatic N) is 1. The topological polar surface area (TPSA) is 87.8 Å². The van der Waals surface area contributed by atoms with Crippen molar-refractivity contribution >= 4 is 17.4 Å². The second-order valence-electron chi connectivity index (χ2n) is 4.83. The molecule has 6 heteroatoms. The van der Waals surface area contributed by atoms with E-state index < -0.39 is 0 Å². The number of urea groups is 1. The van der Waals surface area contributed by atoms with Crippen molar-refractivity contribution in [3.8, 4) is 0 Å². The average Bonchev–Trinajstić information content (AvgIpc) is 2.48. The van der Waals surface area contributed by atoms with Crippen molar-refractivity contribution in [3.05, 3.63) is 24.3 Å². The number of carbonyl (C=O) groups is 1. The lowest BCUT2D eigenvalue weighted by molar-refractivity contribution is -0.000875. The van der Waals surface area contributed by atoms with Gasteiger partial charge in [-0.2, -0.15) is 0 Å². The molecule has 1 aliphatic rings. The minimum atomic E-state index is -0.102. The van der Waals surface area contributed by atoms with Gasteiger partial charge in [0.2, 0.25) is 0 Å². The van der Waals surface area contributed by atoms with Crippen molar-refractivity contribution in [2.45, 2.75) is 18.9 Å². The number of hydrogen-bond donors (Lipinski definition) is 3. The summed E-state index contributed by atoms with van der Waals surface area (Å²) in [5, 5.41) is 11.6. The third-order valence-corrected chi connectivity index (χ3v) is 3.34. The van der Waals surface area contributed by atoms with Gasteiger partial charge in [-0.3, -0.25) is 0 Å². The minimum Gasteiger partial charge on any atom is -0.399 e. The molecule has 110 valence electrons. The summed E-state index contributed by atoms with van der Waals surface area (Å²) in [6.07, 6.45) is 1.74. The van der Waals surface area contributed by atoms with E-state index in [0.29, 0.717) is 25.4 Å². The molecule has 1 aromatic rings. The molecule has 2 amide bonds. The lowest BCUT2D eigenvalue weighted by Gasteiger charge is -2.31. The number of carbonyl (C=O) groups excluding carboxylic acids is 1. The van der Waals surface area contributed by atoms with Crippen molar-refractivity contribution in [2.24, 2.45) is 0 Å². The summed E-state index contributed by atoms with van der Waals surface area (Å²) in [6, 6.07) is 6.97. The number of nitrogens with two attached hydrogens (primary N) is 1. The summed E-state index contributed by atoms with van der Waals surface area (Å²) in [6.45, 7) is 1.73. The van der Waals surface area contributed by atoms with Crippen LogP contribution in [-0.2, 0) is 4.74 Å². The van der Waals surface area contributed by atoms with Crippen LogP contribution in [0.15, 0.2) is 24.3 Å². The van der Waals surface area contributed by atoms with Gasteiger partial charge in [0.1, 0.15) is 0 Å². The van der Waals surface area contributed by atoms with Gasteiger partial charge in [-0.15, -0.1) is 0 Å². The summed E-state index contributed by atoms with van der Waals surface area (Å²) >= 11 is 0. The molecule has 4 N–H and O–H groups in total. The predicted molar refractivity (Wildman–Crippen MR) is 77.5 cm³/mol. The van der Waals surface area contributed by atoms with Crippen molar-refractivity contribution in [2.75, 3.05) is 37.4 Å². The zero-order chi connectivity index (χ0) is 14.4. The molecule has 0 saturated carbocycles. The largest absolute Gasteiger partial charge is 0.399 e. The van der Waals surface area contributed by atoms with Gasteiger partial charge in [0.05, 0.1) is 19.3 Å². The molecule has 0 bridgehead atoms. The van der Waals surface area contributed by atoms with E-state index >= 15 is 0 Å². The molecule has 0 unspecified atom stereocenters. The highest BCUT2D eigenvalue weighted by Gasteiger charge is 2.23. The maximum atomic E-state index is 12.1. The summed E-state index contributed by atoms with van der Waals surface area (Å²) < 4.78 is 5.47. The first-order valence-corrected chi connectivity index (χ1v) is 6.83. The lowest BCUT2D eigenvalue weighted by atomic mass is 10.1. The molecule has 6 nitrogen and oxygen atoms in total. The van der Waals surface area contributed by atoms with Crippen LogP contribution in [-0.4, -0.2) is 48.4 Å². The second-order valence-corrected chi connectivity index (χ2v) is 4.83. The summed E-state index contributed by atoms with van der Waals surface area (Å²) in [7, 11) is 0. The van der Waals surface area contributed by atoms with Gasteiger partial charge >= 0.3 is 6.03 Å². The van der Waals surface area contributed by atoms with Gasteiger partial charge < -0.3 is 25.8 Å². The lowest BCUT2D eigenvalue weighted by Crippen LogP contribution is -2.43. The van der Waals surface area contributed by atoms with Gasteiger partial charge in [-0.25, -0.2) is 4.79 Å². The molecule has 0 atom stereocenters. The van der Waals surface area contributed by atoms with Crippen molar-refractivity contribution in [1.82, 2.24) is 4.90 Å². The number of aliphatic hydroxyl groups is 1. The normalized spacial score (nSPS) is 16.1. The number of amides is 2. The van der Waals surface area contributed by atoms with Crippen LogP contribution in [0.4, 0.5) is 16.2 Å². The van der Waals surface area contributed by atoms with Crippen LogP contribution < -0.4 is 11.1 Å². The van der Waals surface area contributed by atoms with E-state index in [4.69, 9.17) is 15.6 Å². The standard InChI is InChI=1S/C14H21N3O3/c15-11-1-3-12(4-2-11)16-14(19)17-7-5-13(6-8-17)20-10-9-18/h1-4,13,18H,5-10,15H2,(H,16,19). The summed E-state index contributed by atoms with van der Waals surface area (Å²) in [5.74, 6) is 0. The molecule has 0 spiro atoms. The maximum absolute atomic E-state index is 12.1. The van der Waals surface area contributed by atoms with Crippen molar-refractivity contribution in [3.63, 3.8) is 0 Å². The van der Waals surface area contributed by atoms with Crippen molar-refractivity contribution < 1.29 is 14.6 Å². The Kier molecular flexibility index (Phi) is 5.20. The number of benzene rings is 1.